The van der Waals surface area contributed by atoms with Gasteiger partial charge in [-0.05, 0) is 55.5 Å². The molecule has 1 unspecified atom stereocenters. The molecule has 0 heterocycles. The number of aliphatic hydroxyl groups is 1. The van der Waals surface area contributed by atoms with E-state index >= 15 is 0 Å². The fraction of sp³-hybridized carbons (Fsp3) is 0.294. The van der Waals surface area contributed by atoms with Gasteiger partial charge in [0.05, 0.1) is 5.56 Å². The Labute approximate surface area is 122 Å². The monoisotopic (exact) mass is 294 g/mol. The van der Waals surface area contributed by atoms with Gasteiger partial charge in [-0.3, -0.25) is 0 Å². The molecule has 21 heavy (non-hydrogen) atoms. The van der Waals surface area contributed by atoms with E-state index in [9.17, 15) is 18.3 Å². The van der Waals surface area contributed by atoms with Crippen LogP contribution in [0.5, 0.6) is 0 Å². The molecule has 1 nitrogen and oxygen atoms in total. The molecule has 0 spiro atoms. The SMILES string of the molecule is Cc1cc(C)c(C)c(C(O)c2c(F)cc(F)cc2F)c1C. The van der Waals surface area contributed by atoms with Crippen LogP contribution >= 0.6 is 0 Å². The van der Waals surface area contributed by atoms with E-state index in [1.165, 1.54) is 0 Å². The van der Waals surface area contributed by atoms with Crippen LogP contribution in [0.25, 0.3) is 0 Å². The quantitative estimate of drug-likeness (QED) is 0.869. The van der Waals surface area contributed by atoms with Crippen molar-refractivity contribution in [3.63, 3.8) is 0 Å². The van der Waals surface area contributed by atoms with Crippen LogP contribution in [0.1, 0.15) is 39.5 Å². The lowest BCUT2D eigenvalue weighted by Crippen LogP contribution is -2.11. The van der Waals surface area contributed by atoms with Crippen LogP contribution in [0.2, 0.25) is 0 Å². The third kappa shape index (κ3) is 2.68. The Balaban J connectivity index is 2.69. The summed E-state index contributed by atoms with van der Waals surface area (Å²) in [6.07, 6.45) is -1.47. The van der Waals surface area contributed by atoms with Gasteiger partial charge in [0.15, 0.2) is 0 Å². The summed E-state index contributed by atoms with van der Waals surface area (Å²) in [5, 5.41) is 10.5. The highest BCUT2D eigenvalue weighted by Gasteiger charge is 2.25. The first-order valence-electron chi connectivity index (χ1n) is 6.63. The molecule has 112 valence electrons. The van der Waals surface area contributed by atoms with Gasteiger partial charge in [-0.15, -0.1) is 0 Å². The first-order valence-corrected chi connectivity index (χ1v) is 6.63. The summed E-state index contributed by atoms with van der Waals surface area (Å²) in [5.74, 6) is -3.18. The van der Waals surface area contributed by atoms with E-state index in [1.807, 2.05) is 19.9 Å². The standard InChI is InChI=1S/C17H17F3O/c1-8-5-9(2)11(4)15(10(8)3)17(21)16-13(19)6-12(18)7-14(16)20/h5-7,17,21H,1-4H3. The first-order chi connectivity index (χ1) is 9.73. The van der Waals surface area contributed by atoms with E-state index in [-0.39, 0.29) is 0 Å². The zero-order valence-corrected chi connectivity index (χ0v) is 12.4. The van der Waals surface area contributed by atoms with E-state index in [4.69, 9.17) is 0 Å². The smallest absolute Gasteiger partial charge is 0.135 e. The maximum atomic E-state index is 13.9. The lowest BCUT2D eigenvalue weighted by Gasteiger charge is -2.21. The van der Waals surface area contributed by atoms with Gasteiger partial charge in [0.1, 0.15) is 23.6 Å². The summed E-state index contributed by atoms with van der Waals surface area (Å²) in [5.41, 5.74) is 3.34. The van der Waals surface area contributed by atoms with Crippen molar-refractivity contribution in [1.29, 1.82) is 0 Å². The van der Waals surface area contributed by atoms with Crippen LogP contribution in [0, 0.1) is 45.1 Å². The molecule has 0 aliphatic rings. The number of aliphatic hydroxyl groups excluding tert-OH is 1. The molecule has 0 bridgehead atoms. The molecule has 0 aromatic heterocycles. The van der Waals surface area contributed by atoms with E-state index in [1.54, 1.807) is 13.8 Å². The normalized spacial score (nSPS) is 12.6. The second kappa shape index (κ2) is 5.53. The highest BCUT2D eigenvalue weighted by atomic mass is 19.1. The number of benzene rings is 2. The lowest BCUT2D eigenvalue weighted by molar-refractivity contribution is 0.207. The maximum Gasteiger partial charge on any atom is 0.135 e. The van der Waals surface area contributed by atoms with Crippen LogP contribution < -0.4 is 0 Å². The summed E-state index contributed by atoms with van der Waals surface area (Å²) >= 11 is 0. The van der Waals surface area contributed by atoms with E-state index < -0.39 is 29.1 Å². The summed E-state index contributed by atoms with van der Waals surface area (Å²) in [4.78, 5) is 0. The van der Waals surface area contributed by atoms with Gasteiger partial charge in [-0.2, -0.15) is 0 Å². The number of rotatable bonds is 2. The van der Waals surface area contributed by atoms with E-state index in [0.29, 0.717) is 17.7 Å². The number of aryl methyl sites for hydroxylation is 2. The minimum absolute atomic E-state index is 0.469. The van der Waals surface area contributed by atoms with E-state index in [2.05, 4.69) is 0 Å². The predicted molar refractivity (Wildman–Crippen MR) is 75.8 cm³/mol. The Morgan fingerprint density at radius 1 is 0.762 bits per heavy atom. The van der Waals surface area contributed by atoms with Gasteiger partial charge >= 0.3 is 0 Å². The van der Waals surface area contributed by atoms with Crippen LogP contribution in [0.3, 0.4) is 0 Å². The maximum absolute atomic E-state index is 13.9. The van der Waals surface area contributed by atoms with Crippen LogP contribution in [0.15, 0.2) is 18.2 Å². The summed E-state index contributed by atoms with van der Waals surface area (Å²) < 4.78 is 40.7. The Morgan fingerprint density at radius 3 is 1.62 bits per heavy atom. The number of hydrogen-bond acceptors (Lipinski definition) is 1. The zero-order valence-electron chi connectivity index (χ0n) is 12.4. The molecule has 2 aromatic rings. The molecular weight excluding hydrogens is 277 g/mol. The molecule has 0 aliphatic heterocycles. The number of hydrogen-bond donors (Lipinski definition) is 1. The molecule has 1 atom stereocenters. The molecule has 2 rings (SSSR count). The van der Waals surface area contributed by atoms with Crippen molar-refractivity contribution in [2.75, 3.05) is 0 Å². The molecular formula is C17H17F3O. The molecule has 0 aliphatic carbocycles. The molecule has 0 fully saturated rings. The minimum Gasteiger partial charge on any atom is -0.383 e. The Hall–Kier alpha value is -1.81. The van der Waals surface area contributed by atoms with Crippen molar-refractivity contribution in [3.05, 3.63) is 69.0 Å². The van der Waals surface area contributed by atoms with Crippen LogP contribution in [-0.2, 0) is 0 Å². The molecule has 4 heteroatoms. The van der Waals surface area contributed by atoms with Crippen molar-refractivity contribution < 1.29 is 18.3 Å². The molecule has 0 radical (unpaired) electrons. The molecule has 0 amide bonds. The summed E-state index contributed by atoms with van der Waals surface area (Å²) in [6, 6.07) is 3.11. The second-order valence-corrected chi connectivity index (χ2v) is 5.36. The predicted octanol–water partition coefficient (Wildman–Crippen LogP) is 4.42. The van der Waals surface area contributed by atoms with Crippen molar-refractivity contribution in [2.45, 2.75) is 33.8 Å². The van der Waals surface area contributed by atoms with E-state index in [0.717, 1.165) is 22.3 Å². The first kappa shape index (κ1) is 15.6. The topological polar surface area (TPSA) is 20.2 Å². The van der Waals surface area contributed by atoms with Gasteiger partial charge < -0.3 is 5.11 Å². The highest BCUT2D eigenvalue weighted by Crippen LogP contribution is 2.34. The Kier molecular flexibility index (Phi) is 4.10. The van der Waals surface area contributed by atoms with Crippen molar-refractivity contribution >= 4 is 0 Å². The molecule has 0 saturated heterocycles. The van der Waals surface area contributed by atoms with Gasteiger partial charge in [-0.25, -0.2) is 13.2 Å². The van der Waals surface area contributed by atoms with Gasteiger partial charge in [-0.1, -0.05) is 6.07 Å². The van der Waals surface area contributed by atoms with Gasteiger partial charge in [0.25, 0.3) is 0 Å². The Morgan fingerprint density at radius 2 is 1.19 bits per heavy atom. The van der Waals surface area contributed by atoms with Gasteiger partial charge in [0.2, 0.25) is 0 Å². The minimum atomic E-state index is -1.47. The fourth-order valence-corrected chi connectivity index (χ4v) is 2.62. The fourth-order valence-electron chi connectivity index (χ4n) is 2.62. The summed E-state index contributed by atoms with van der Waals surface area (Å²) in [7, 11) is 0. The Bertz CT molecular complexity index is 658. The summed E-state index contributed by atoms with van der Waals surface area (Å²) in [6.45, 7) is 7.32. The molecule has 1 N–H and O–H groups in total. The zero-order chi connectivity index (χ0) is 15.9. The number of halogens is 3. The highest BCUT2D eigenvalue weighted by molar-refractivity contribution is 5.48. The van der Waals surface area contributed by atoms with Crippen molar-refractivity contribution in [1.82, 2.24) is 0 Å². The molecule has 0 saturated carbocycles. The van der Waals surface area contributed by atoms with Crippen molar-refractivity contribution in [2.24, 2.45) is 0 Å². The van der Waals surface area contributed by atoms with Crippen molar-refractivity contribution in [3.8, 4) is 0 Å². The van der Waals surface area contributed by atoms with Crippen LogP contribution in [-0.4, -0.2) is 5.11 Å². The largest absolute Gasteiger partial charge is 0.383 e. The molecule has 2 aromatic carbocycles. The third-order valence-corrected chi connectivity index (χ3v) is 4.01. The third-order valence-electron chi connectivity index (χ3n) is 4.01. The second-order valence-electron chi connectivity index (χ2n) is 5.36. The lowest BCUT2D eigenvalue weighted by atomic mass is 9.88. The van der Waals surface area contributed by atoms with Crippen LogP contribution in [0.4, 0.5) is 13.2 Å². The average molecular weight is 294 g/mol. The van der Waals surface area contributed by atoms with Gasteiger partial charge in [0, 0.05) is 12.1 Å². The average Bonchev–Trinajstić information content (AvgIpc) is 2.35.